The first-order chi connectivity index (χ1) is 9.31. The second-order valence-electron chi connectivity index (χ2n) is 3.97. The minimum atomic E-state index is -2.91. The van der Waals surface area contributed by atoms with Crippen LogP contribution in [-0.2, 0) is 16.0 Å². The summed E-state index contributed by atoms with van der Waals surface area (Å²) in [7, 11) is 0. The Morgan fingerprint density at radius 1 is 1.25 bits per heavy atom. The molecule has 4 nitrogen and oxygen atoms in total. The fourth-order valence-electron chi connectivity index (χ4n) is 1.50. The lowest BCUT2D eigenvalue weighted by molar-refractivity contribution is -0.142. The Morgan fingerprint density at radius 2 is 1.90 bits per heavy atom. The van der Waals surface area contributed by atoms with E-state index in [1.165, 1.54) is 6.07 Å². The van der Waals surface area contributed by atoms with Crippen molar-refractivity contribution in [1.82, 2.24) is 5.32 Å². The monoisotopic (exact) mass is 293 g/mol. The van der Waals surface area contributed by atoms with Gasteiger partial charge in [-0.3, -0.25) is 4.79 Å². The molecule has 1 atom stereocenters. The molecule has 8 heteroatoms. The summed E-state index contributed by atoms with van der Waals surface area (Å²) in [5, 5.41) is 10.5. The number of rotatable bonds is 6. The second kappa shape index (κ2) is 6.88. The van der Waals surface area contributed by atoms with E-state index in [4.69, 9.17) is 5.11 Å². The van der Waals surface area contributed by atoms with Crippen LogP contribution >= 0.6 is 0 Å². The maximum atomic E-state index is 13.3. The molecular formula is C12H11F4NO3. The first-order valence-electron chi connectivity index (χ1n) is 5.54. The van der Waals surface area contributed by atoms with Gasteiger partial charge in [-0.1, -0.05) is 12.1 Å². The molecule has 0 aliphatic rings. The molecule has 0 bridgehead atoms. The number of nitrogens with one attached hydrogen (secondary N) is 1. The van der Waals surface area contributed by atoms with Gasteiger partial charge in [0.25, 0.3) is 0 Å². The van der Waals surface area contributed by atoms with E-state index >= 15 is 0 Å². The van der Waals surface area contributed by atoms with Crippen molar-refractivity contribution in [2.75, 3.05) is 0 Å². The van der Waals surface area contributed by atoms with Crippen molar-refractivity contribution in [2.45, 2.75) is 25.3 Å². The lowest BCUT2D eigenvalue weighted by Gasteiger charge is -2.14. The number of carbonyl (C=O) groups excluding carboxylic acids is 1. The summed E-state index contributed by atoms with van der Waals surface area (Å²) in [6, 6.07) is 1.39. The quantitative estimate of drug-likeness (QED) is 0.785. The van der Waals surface area contributed by atoms with Crippen molar-refractivity contribution in [3.05, 3.63) is 35.4 Å². The van der Waals surface area contributed by atoms with E-state index in [9.17, 15) is 27.2 Å². The van der Waals surface area contributed by atoms with Gasteiger partial charge >= 0.3 is 5.97 Å². The van der Waals surface area contributed by atoms with E-state index in [2.05, 4.69) is 0 Å². The average Bonchev–Trinajstić information content (AvgIpc) is 2.33. The van der Waals surface area contributed by atoms with E-state index in [-0.39, 0.29) is 5.56 Å². The van der Waals surface area contributed by atoms with Gasteiger partial charge in [0.1, 0.15) is 6.04 Å². The number of amides is 1. The Morgan fingerprint density at radius 3 is 2.45 bits per heavy atom. The van der Waals surface area contributed by atoms with Gasteiger partial charge in [0, 0.05) is 12.0 Å². The van der Waals surface area contributed by atoms with Crippen molar-refractivity contribution in [3.63, 3.8) is 0 Å². The molecule has 0 saturated heterocycles. The maximum absolute atomic E-state index is 13.3. The van der Waals surface area contributed by atoms with Crippen LogP contribution < -0.4 is 5.32 Å². The average molecular weight is 293 g/mol. The molecule has 0 radical (unpaired) electrons. The highest BCUT2D eigenvalue weighted by Crippen LogP contribution is 2.12. The molecule has 0 fully saturated rings. The van der Waals surface area contributed by atoms with E-state index in [0.29, 0.717) is 0 Å². The molecule has 1 unspecified atom stereocenters. The number of hydrogen-bond acceptors (Lipinski definition) is 2. The largest absolute Gasteiger partial charge is 0.480 e. The predicted octanol–water partition coefficient (Wildman–Crippen LogP) is 1.73. The SMILES string of the molecule is O=C(Cc1cccc(F)c1F)NC(CC(F)F)C(=O)O. The summed E-state index contributed by atoms with van der Waals surface area (Å²) in [6.45, 7) is 0. The van der Waals surface area contributed by atoms with Crippen molar-refractivity contribution in [2.24, 2.45) is 0 Å². The summed E-state index contributed by atoms with van der Waals surface area (Å²) < 4.78 is 50.4. The molecule has 1 aromatic rings. The molecule has 1 rings (SSSR count). The minimum absolute atomic E-state index is 0.288. The van der Waals surface area contributed by atoms with Crippen molar-refractivity contribution >= 4 is 11.9 Å². The van der Waals surface area contributed by atoms with Crippen LogP contribution in [0.2, 0.25) is 0 Å². The zero-order valence-electron chi connectivity index (χ0n) is 10.1. The molecular weight excluding hydrogens is 282 g/mol. The molecule has 0 aliphatic carbocycles. The molecule has 1 amide bonds. The number of carboxylic acids is 1. The molecule has 0 saturated carbocycles. The van der Waals surface area contributed by atoms with Crippen molar-refractivity contribution < 1.29 is 32.3 Å². The van der Waals surface area contributed by atoms with Crippen LogP contribution in [0.5, 0.6) is 0 Å². The number of hydrogen-bond donors (Lipinski definition) is 2. The van der Waals surface area contributed by atoms with Gasteiger partial charge in [-0.2, -0.15) is 0 Å². The number of benzene rings is 1. The highest BCUT2D eigenvalue weighted by atomic mass is 19.3. The van der Waals surface area contributed by atoms with E-state index in [0.717, 1.165) is 12.1 Å². The van der Waals surface area contributed by atoms with Crippen LogP contribution in [0.1, 0.15) is 12.0 Å². The summed E-state index contributed by atoms with van der Waals surface area (Å²) in [4.78, 5) is 22.1. The van der Waals surface area contributed by atoms with Crippen LogP contribution in [0.4, 0.5) is 17.6 Å². The highest BCUT2D eigenvalue weighted by Gasteiger charge is 2.24. The standard InChI is InChI=1S/C12H11F4NO3/c13-7-3-1-2-6(11(7)16)4-10(18)17-8(12(19)20)5-9(14)15/h1-3,8-9H,4-5H2,(H,17,18)(H,19,20). The van der Waals surface area contributed by atoms with Gasteiger partial charge in [0.05, 0.1) is 6.42 Å². The third kappa shape index (κ3) is 4.52. The Labute approximate surface area is 111 Å². The molecule has 20 heavy (non-hydrogen) atoms. The molecule has 1 aromatic carbocycles. The van der Waals surface area contributed by atoms with Crippen LogP contribution in [0.3, 0.4) is 0 Å². The van der Waals surface area contributed by atoms with E-state index in [1.54, 1.807) is 0 Å². The predicted molar refractivity (Wildman–Crippen MR) is 60.2 cm³/mol. The lowest BCUT2D eigenvalue weighted by Crippen LogP contribution is -2.42. The highest BCUT2D eigenvalue weighted by molar-refractivity contribution is 5.84. The zero-order valence-corrected chi connectivity index (χ0v) is 10.1. The van der Waals surface area contributed by atoms with Gasteiger partial charge in [-0.25, -0.2) is 22.4 Å². The molecule has 0 aliphatic heterocycles. The summed E-state index contributed by atoms with van der Waals surface area (Å²) in [5.74, 6) is -5.00. The van der Waals surface area contributed by atoms with Crippen molar-refractivity contribution in [3.8, 4) is 0 Å². The topological polar surface area (TPSA) is 66.4 Å². The molecule has 0 aromatic heterocycles. The first kappa shape index (κ1) is 15.9. The third-order valence-electron chi connectivity index (χ3n) is 2.43. The van der Waals surface area contributed by atoms with Gasteiger partial charge in [0.2, 0.25) is 12.3 Å². The van der Waals surface area contributed by atoms with E-state index < -0.39 is 48.8 Å². The fourth-order valence-corrected chi connectivity index (χ4v) is 1.50. The number of aliphatic carboxylic acids is 1. The maximum Gasteiger partial charge on any atom is 0.326 e. The molecule has 2 N–H and O–H groups in total. The Kier molecular flexibility index (Phi) is 5.48. The van der Waals surface area contributed by atoms with Gasteiger partial charge in [-0.15, -0.1) is 0 Å². The zero-order chi connectivity index (χ0) is 15.3. The fraction of sp³-hybridized carbons (Fsp3) is 0.333. The van der Waals surface area contributed by atoms with Crippen LogP contribution in [0.25, 0.3) is 0 Å². The smallest absolute Gasteiger partial charge is 0.326 e. The first-order valence-corrected chi connectivity index (χ1v) is 5.54. The van der Waals surface area contributed by atoms with Gasteiger partial charge in [-0.05, 0) is 6.07 Å². The summed E-state index contributed by atoms with van der Waals surface area (Å²) in [6.07, 6.45) is -4.62. The molecule has 0 heterocycles. The van der Waals surface area contributed by atoms with Crippen molar-refractivity contribution in [1.29, 1.82) is 0 Å². The Bertz CT molecular complexity index is 507. The number of carbonyl (C=O) groups is 2. The number of carboxylic acid groups (broad SMARTS) is 1. The van der Waals surface area contributed by atoms with Gasteiger partial charge < -0.3 is 10.4 Å². The van der Waals surface area contributed by atoms with Crippen LogP contribution in [0, 0.1) is 11.6 Å². The Balaban J connectivity index is 2.71. The molecule has 0 spiro atoms. The molecule has 110 valence electrons. The summed E-state index contributed by atoms with van der Waals surface area (Å²) in [5.41, 5.74) is -0.288. The second-order valence-corrected chi connectivity index (χ2v) is 3.97. The van der Waals surface area contributed by atoms with E-state index in [1.807, 2.05) is 5.32 Å². The number of alkyl halides is 2. The number of halogens is 4. The van der Waals surface area contributed by atoms with Gasteiger partial charge in [0.15, 0.2) is 11.6 Å². The van der Waals surface area contributed by atoms with Crippen LogP contribution in [-0.4, -0.2) is 29.5 Å². The van der Waals surface area contributed by atoms with Crippen LogP contribution in [0.15, 0.2) is 18.2 Å². The minimum Gasteiger partial charge on any atom is -0.480 e. The Hall–Kier alpha value is -2.12. The lowest BCUT2D eigenvalue weighted by atomic mass is 10.1. The normalized spacial score (nSPS) is 12.2. The summed E-state index contributed by atoms with van der Waals surface area (Å²) >= 11 is 0. The third-order valence-corrected chi connectivity index (χ3v) is 2.43.